The molecule has 30 heavy (non-hydrogen) atoms. The van der Waals surface area contributed by atoms with Crippen LogP contribution in [0.25, 0.3) is 0 Å². The zero-order chi connectivity index (χ0) is 20.8. The number of benzene rings is 2. The van der Waals surface area contributed by atoms with Crippen molar-refractivity contribution in [2.24, 2.45) is 0 Å². The lowest BCUT2D eigenvalue weighted by molar-refractivity contribution is -0.125. The summed E-state index contributed by atoms with van der Waals surface area (Å²) >= 11 is 0. The highest BCUT2D eigenvalue weighted by molar-refractivity contribution is 6.01. The summed E-state index contributed by atoms with van der Waals surface area (Å²) in [6.07, 6.45) is 2.95. The van der Waals surface area contributed by atoms with Gasteiger partial charge < -0.3 is 15.0 Å². The van der Waals surface area contributed by atoms with Crippen molar-refractivity contribution in [1.82, 2.24) is 15.1 Å². The summed E-state index contributed by atoms with van der Waals surface area (Å²) < 4.78 is 6.59. The first kappa shape index (κ1) is 20.6. The molecule has 1 N–H and O–H groups in total. The molecule has 2 heterocycles. The van der Waals surface area contributed by atoms with Gasteiger partial charge in [0.15, 0.2) is 0 Å². The van der Waals surface area contributed by atoms with Crippen LogP contribution in [0.1, 0.15) is 36.5 Å². The highest BCUT2D eigenvalue weighted by Crippen LogP contribution is 2.30. The first-order valence-electron chi connectivity index (χ1n) is 10.8. The Labute approximate surface area is 177 Å². The Morgan fingerprint density at radius 2 is 1.50 bits per heavy atom. The Kier molecular flexibility index (Phi) is 6.77. The minimum atomic E-state index is -0.264. The van der Waals surface area contributed by atoms with Gasteiger partial charge in [0.25, 0.3) is 0 Å². The lowest BCUT2D eigenvalue weighted by atomic mass is 10.00. The molecule has 2 aliphatic rings. The first-order valence-corrected chi connectivity index (χ1v) is 10.8. The number of nitrogens with one attached hydrogen (secondary N) is 1. The second kappa shape index (κ2) is 9.87. The number of imide groups is 1. The predicted molar refractivity (Wildman–Crippen MR) is 115 cm³/mol. The van der Waals surface area contributed by atoms with E-state index in [1.54, 1.807) is 0 Å². The van der Waals surface area contributed by atoms with E-state index in [0.29, 0.717) is 6.54 Å². The molecule has 2 saturated heterocycles. The molecule has 6 nitrogen and oxygen atoms in total. The van der Waals surface area contributed by atoms with Crippen LogP contribution in [0, 0.1) is 0 Å². The maximum atomic E-state index is 11.7. The lowest BCUT2D eigenvalue weighted by Gasteiger charge is -2.34. The van der Waals surface area contributed by atoms with Gasteiger partial charge in [-0.3, -0.25) is 9.69 Å². The zero-order valence-corrected chi connectivity index (χ0v) is 17.2. The summed E-state index contributed by atoms with van der Waals surface area (Å²) in [6.45, 7) is 3.46. The molecular weight excluding hydrogens is 378 g/mol. The average molecular weight is 408 g/mol. The van der Waals surface area contributed by atoms with Crippen LogP contribution in [0.2, 0.25) is 0 Å². The topological polar surface area (TPSA) is 61.9 Å². The second-order valence-corrected chi connectivity index (χ2v) is 7.94. The van der Waals surface area contributed by atoms with Crippen molar-refractivity contribution in [1.29, 1.82) is 0 Å². The minimum Gasteiger partial charge on any atom is -0.365 e. The van der Waals surface area contributed by atoms with Crippen LogP contribution in [-0.4, -0.2) is 60.6 Å². The van der Waals surface area contributed by atoms with Crippen molar-refractivity contribution >= 4 is 11.9 Å². The predicted octanol–water partition coefficient (Wildman–Crippen LogP) is 3.20. The largest absolute Gasteiger partial charge is 0.365 e. The Morgan fingerprint density at radius 3 is 2.03 bits per heavy atom. The third kappa shape index (κ3) is 5.07. The summed E-state index contributed by atoms with van der Waals surface area (Å²) in [7, 11) is 0. The fourth-order valence-corrected chi connectivity index (χ4v) is 4.20. The molecule has 0 radical (unpaired) electrons. The maximum Gasteiger partial charge on any atom is 0.324 e. The molecule has 158 valence electrons. The smallest absolute Gasteiger partial charge is 0.324 e. The van der Waals surface area contributed by atoms with Crippen molar-refractivity contribution in [3.63, 3.8) is 0 Å². The van der Waals surface area contributed by atoms with Crippen LogP contribution in [0.3, 0.4) is 0 Å². The maximum absolute atomic E-state index is 11.7. The Hall–Kier alpha value is -2.70. The minimum absolute atomic E-state index is 0.0522. The average Bonchev–Trinajstić information content (AvgIpc) is 3.12. The number of hydrogen-bond acceptors (Lipinski definition) is 4. The molecule has 2 aliphatic heterocycles. The number of carbonyl (C=O) groups excluding carboxylic acids is 2. The summed E-state index contributed by atoms with van der Waals surface area (Å²) in [5, 5.41) is 2.57. The van der Waals surface area contributed by atoms with Gasteiger partial charge in [-0.05, 0) is 36.9 Å². The molecule has 0 bridgehead atoms. The fourth-order valence-electron chi connectivity index (χ4n) is 4.20. The Morgan fingerprint density at radius 1 is 0.900 bits per heavy atom. The fraction of sp³-hybridized carbons (Fsp3) is 0.417. The van der Waals surface area contributed by atoms with Gasteiger partial charge in [-0.25, -0.2) is 4.79 Å². The number of piperidine rings is 1. The lowest BCUT2D eigenvalue weighted by Crippen LogP contribution is -2.39. The van der Waals surface area contributed by atoms with Crippen molar-refractivity contribution in [2.45, 2.75) is 31.5 Å². The number of urea groups is 1. The Bertz CT molecular complexity index is 780. The molecule has 0 unspecified atom stereocenters. The van der Waals surface area contributed by atoms with Gasteiger partial charge in [-0.2, -0.15) is 0 Å². The highest BCUT2D eigenvalue weighted by Gasteiger charge is 2.28. The van der Waals surface area contributed by atoms with E-state index < -0.39 is 0 Å². The SMILES string of the molecule is O=C1CNC(=O)N1CCCN1CCC(OC(c2ccccc2)c2ccccc2)CC1. The van der Waals surface area contributed by atoms with E-state index in [2.05, 4.69) is 58.7 Å². The molecule has 0 spiro atoms. The first-order chi connectivity index (χ1) is 14.7. The molecule has 4 rings (SSSR count). The van der Waals surface area contributed by atoms with Crippen LogP contribution in [0.4, 0.5) is 4.79 Å². The van der Waals surface area contributed by atoms with E-state index in [1.807, 2.05) is 12.1 Å². The third-order valence-electron chi connectivity index (χ3n) is 5.86. The summed E-state index contributed by atoms with van der Waals surface area (Å²) in [4.78, 5) is 27.0. The van der Waals surface area contributed by atoms with Crippen molar-refractivity contribution < 1.29 is 14.3 Å². The zero-order valence-electron chi connectivity index (χ0n) is 17.2. The van der Waals surface area contributed by atoms with Crippen molar-refractivity contribution in [2.75, 3.05) is 32.7 Å². The number of rotatable bonds is 8. The summed E-state index contributed by atoms with van der Waals surface area (Å²) in [6, 6.07) is 20.5. The van der Waals surface area contributed by atoms with E-state index in [-0.39, 0.29) is 30.7 Å². The molecule has 0 aliphatic carbocycles. The van der Waals surface area contributed by atoms with Gasteiger partial charge >= 0.3 is 6.03 Å². The molecule has 2 aromatic rings. The van der Waals surface area contributed by atoms with E-state index >= 15 is 0 Å². The molecule has 2 aromatic carbocycles. The van der Waals surface area contributed by atoms with Crippen LogP contribution in [0.5, 0.6) is 0 Å². The molecule has 0 atom stereocenters. The number of nitrogens with zero attached hydrogens (tertiary/aromatic N) is 2. The molecular formula is C24H29N3O3. The van der Waals surface area contributed by atoms with Gasteiger partial charge in [0.2, 0.25) is 5.91 Å². The van der Waals surface area contributed by atoms with Crippen LogP contribution < -0.4 is 5.32 Å². The van der Waals surface area contributed by atoms with E-state index in [4.69, 9.17) is 4.74 Å². The summed E-state index contributed by atoms with van der Waals surface area (Å²) in [5.74, 6) is -0.125. The Balaban J connectivity index is 1.28. The molecule has 0 aromatic heterocycles. The number of amides is 3. The van der Waals surface area contributed by atoms with E-state index in [9.17, 15) is 9.59 Å². The third-order valence-corrected chi connectivity index (χ3v) is 5.86. The monoisotopic (exact) mass is 407 g/mol. The number of hydrogen-bond donors (Lipinski definition) is 1. The number of likely N-dealkylation sites (tertiary alicyclic amines) is 1. The normalized spacial score (nSPS) is 18.2. The quantitative estimate of drug-likeness (QED) is 0.683. The summed E-state index contributed by atoms with van der Waals surface area (Å²) in [5.41, 5.74) is 2.36. The highest BCUT2D eigenvalue weighted by atomic mass is 16.5. The van der Waals surface area contributed by atoms with Gasteiger partial charge in [-0.1, -0.05) is 60.7 Å². The number of ether oxygens (including phenoxy) is 1. The van der Waals surface area contributed by atoms with Crippen molar-refractivity contribution in [3.8, 4) is 0 Å². The van der Waals surface area contributed by atoms with Gasteiger partial charge in [-0.15, -0.1) is 0 Å². The number of carbonyl (C=O) groups is 2. The van der Waals surface area contributed by atoms with Gasteiger partial charge in [0.1, 0.15) is 6.10 Å². The van der Waals surface area contributed by atoms with E-state index in [0.717, 1.165) is 38.9 Å². The van der Waals surface area contributed by atoms with Crippen LogP contribution >= 0.6 is 0 Å². The van der Waals surface area contributed by atoms with Crippen LogP contribution in [-0.2, 0) is 9.53 Å². The second-order valence-electron chi connectivity index (χ2n) is 7.94. The van der Waals surface area contributed by atoms with Crippen molar-refractivity contribution in [3.05, 3.63) is 71.8 Å². The molecule has 3 amide bonds. The van der Waals surface area contributed by atoms with Crippen LogP contribution in [0.15, 0.2) is 60.7 Å². The van der Waals surface area contributed by atoms with E-state index in [1.165, 1.54) is 16.0 Å². The van der Waals surface area contributed by atoms with Gasteiger partial charge in [0.05, 0.1) is 12.6 Å². The molecule has 2 fully saturated rings. The molecule has 0 saturated carbocycles. The molecule has 6 heteroatoms. The standard InChI is InChI=1S/C24H29N3O3/c28-22-18-25-24(29)27(22)15-7-14-26-16-12-21(13-17-26)30-23(19-8-3-1-4-9-19)20-10-5-2-6-11-20/h1-6,8-11,21,23H,7,12-18H2,(H,25,29). The van der Waals surface area contributed by atoms with Gasteiger partial charge in [0, 0.05) is 19.6 Å².